The first-order valence-electron chi connectivity index (χ1n) is 6.82. The molecule has 2 amide bonds. The molecule has 0 saturated carbocycles. The average Bonchev–Trinajstić information content (AvgIpc) is 2.51. The number of anilines is 2. The van der Waals surface area contributed by atoms with Gasteiger partial charge in [0.2, 0.25) is 5.91 Å². The molecule has 0 saturated heterocycles. The minimum Gasteiger partial charge on any atom is -0.375 e. The largest absolute Gasteiger partial charge is 0.375 e. The quantitative estimate of drug-likeness (QED) is 0.881. The first-order valence-corrected chi connectivity index (χ1v) is 7.20. The summed E-state index contributed by atoms with van der Waals surface area (Å²) in [6.45, 7) is 1.74. The molecular weight excluding hydrogens is 318 g/mol. The molecule has 1 heterocycles. The van der Waals surface area contributed by atoms with E-state index in [4.69, 9.17) is 16.3 Å². The second-order valence-electron chi connectivity index (χ2n) is 4.80. The van der Waals surface area contributed by atoms with Gasteiger partial charge < -0.3 is 15.4 Å². The van der Waals surface area contributed by atoms with Crippen LogP contribution in [-0.4, -0.2) is 30.5 Å². The summed E-state index contributed by atoms with van der Waals surface area (Å²) in [6, 6.07) is 8.35. The number of aromatic nitrogens is 1. The molecule has 0 aliphatic heterocycles. The molecule has 1 aromatic carbocycles. The van der Waals surface area contributed by atoms with Gasteiger partial charge in [0.1, 0.15) is 12.3 Å². The van der Waals surface area contributed by atoms with Crippen LogP contribution in [0.2, 0.25) is 5.02 Å². The van der Waals surface area contributed by atoms with Crippen LogP contribution in [0.15, 0.2) is 36.5 Å². The Labute approximate surface area is 138 Å². The van der Waals surface area contributed by atoms with Crippen molar-refractivity contribution in [1.82, 2.24) is 4.98 Å². The first kappa shape index (κ1) is 16.9. The van der Waals surface area contributed by atoms with E-state index in [1.54, 1.807) is 43.5 Å². The minimum absolute atomic E-state index is 0.0581. The minimum atomic E-state index is -0.370. The van der Waals surface area contributed by atoms with Gasteiger partial charge in [0, 0.05) is 19.0 Å². The molecule has 2 rings (SSSR count). The number of pyridine rings is 1. The molecule has 0 fully saturated rings. The zero-order valence-electron chi connectivity index (χ0n) is 12.7. The fourth-order valence-electron chi connectivity index (χ4n) is 1.93. The molecule has 1 aromatic heterocycles. The molecule has 0 bridgehead atoms. The summed E-state index contributed by atoms with van der Waals surface area (Å²) >= 11 is 6.09. The van der Waals surface area contributed by atoms with Crippen molar-refractivity contribution < 1.29 is 14.3 Å². The molecule has 2 aromatic rings. The maximum Gasteiger partial charge on any atom is 0.274 e. The summed E-state index contributed by atoms with van der Waals surface area (Å²) in [5, 5.41) is 5.70. The van der Waals surface area contributed by atoms with Crippen molar-refractivity contribution in [3.63, 3.8) is 0 Å². The highest BCUT2D eigenvalue weighted by Crippen LogP contribution is 2.26. The van der Waals surface area contributed by atoms with Crippen molar-refractivity contribution in [1.29, 1.82) is 0 Å². The molecule has 0 unspecified atom stereocenters. The van der Waals surface area contributed by atoms with Gasteiger partial charge in [-0.2, -0.15) is 0 Å². The summed E-state index contributed by atoms with van der Waals surface area (Å²) in [4.78, 5) is 27.9. The van der Waals surface area contributed by atoms with E-state index in [2.05, 4.69) is 15.6 Å². The van der Waals surface area contributed by atoms with Crippen LogP contribution in [-0.2, 0) is 9.53 Å². The summed E-state index contributed by atoms with van der Waals surface area (Å²) < 4.78 is 4.75. The molecular formula is C16H16ClN3O3. The molecule has 2 N–H and O–H groups in total. The molecule has 0 atom stereocenters. The highest BCUT2D eigenvalue weighted by molar-refractivity contribution is 6.34. The van der Waals surface area contributed by atoms with E-state index in [0.29, 0.717) is 22.1 Å². The van der Waals surface area contributed by atoms with Gasteiger partial charge in [0.25, 0.3) is 5.91 Å². The van der Waals surface area contributed by atoms with Gasteiger partial charge in [-0.25, -0.2) is 0 Å². The Morgan fingerprint density at radius 3 is 2.74 bits per heavy atom. The lowest BCUT2D eigenvalue weighted by atomic mass is 10.2. The highest BCUT2D eigenvalue weighted by atomic mass is 35.5. The van der Waals surface area contributed by atoms with Gasteiger partial charge in [-0.1, -0.05) is 17.7 Å². The van der Waals surface area contributed by atoms with Gasteiger partial charge in [-0.3, -0.25) is 14.6 Å². The molecule has 0 spiro atoms. The van der Waals surface area contributed by atoms with Crippen LogP contribution < -0.4 is 10.6 Å². The Kier molecular flexibility index (Phi) is 5.67. The van der Waals surface area contributed by atoms with E-state index in [9.17, 15) is 9.59 Å². The standard InChI is InChI=1S/C16H16ClN3O3/c1-10-4-3-7-18-15(10)16(22)20-13-8-11(5-6-12(13)17)19-14(21)9-23-2/h3-8H,9H2,1-2H3,(H,19,21)(H,20,22). The van der Waals surface area contributed by atoms with Crippen molar-refractivity contribution in [2.75, 3.05) is 24.4 Å². The number of methoxy groups -OCH3 is 1. The monoisotopic (exact) mass is 333 g/mol. The Balaban J connectivity index is 2.17. The van der Waals surface area contributed by atoms with Crippen LogP contribution in [0.25, 0.3) is 0 Å². The van der Waals surface area contributed by atoms with Crippen LogP contribution in [0.1, 0.15) is 16.1 Å². The first-order chi connectivity index (χ1) is 11.0. The number of nitrogens with zero attached hydrogens (tertiary/aromatic N) is 1. The molecule has 0 radical (unpaired) electrons. The fourth-order valence-corrected chi connectivity index (χ4v) is 2.10. The number of rotatable bonds is 5. The number of halogens is 1. The molecule has 23 heavy (non-hydrogen) atoms. The lowest BCUT2D eigenvalue weighted by molar-refractivity contribution is -0.119. The van der Waals surface area contributed by atoms with E-state index in [1.807, 2.05) is 0 Å². The second-order valence-corrected chi connectivity index (χ2v) is 5.21. The summed E-state index contributed by atoms with van der Waals surface area (Å²) in [5.74, 6) is -0.668. The molecule has 0 aliphatic carbocycles. The van der Waals surface area contributed by atoms with E-state index in [0.717, 1.165) is 5.56 Å². The molecule has 0 aliphatic rings. The number of nitrogens with one attached hydrogen (secondary N) is 2. The van der Waals surface area contributed by atoms with E-state index in [-0.39, 0.29) is 18.4 Å². The van der Waals surface area contributed by atoms with Crippen LogP contribution in [0, 0.1) is 6.92 Å². The predicted molar refractivity (Wildman–Crippen MR) is 88.9 cm³/mol. The zero-order chi connectivity index (χ0) is 16.8. The van der Waals surface area contributed by atoms with Gasteiger partial charge in [0.15, 0.2) is 0 Å². The summed E-state index contributed by atoms with van der Waals surface area (Å²) in [5.41, 5.74) is 1.96. The van der Waals surface area contributed by atoms with Crippen LogP contribution in [0.4, 0.5) is 11.4 Å². The van der Waals surface area contributed by atoms with E-state index in [1.165, 1.54) is 7.11 Å². The second kappa shape index (κ2) is 7.71. The molecule has 7 heteroatoms. The fraction of sp³-hybridized carbons (Fsp3) is 0.188. The molecule has 6 nitrogen and oxygen atoms in total. The van der Waals surface area contributed by atoms with Crippen molar-refractivity contribution in [2.45, 2.75) is 6.92 Å². The summed E-state index contributed by atoms with van der Waals surface area (Å²) in [7, 11) is 1.43. The number of carbonyl (C=O) groups is 2. The van der Waals surface area contributed by atoms with E-state index >= 15 is 0 Å². The smallest absolute Gasteiger partial charge is 0.274 e. The highest BCUT2D eigenvalue weighted by Gasteiger charge is 2.13. The number of benzene rings is 1. The molecule has 120 valence electrons. The Hall–Kier alpha value is -2.44. The average molecular weight is 334 g/mol. The topological polar surface area (TPSA) is 80.3 Å². The maximum atomic E-state index is 12.3. The third kappa shape index (κ3) is 4.51. The van der Waals surface area contributed by atoms with E-state index < -0.39 is 0 Å². The number of ether oxygens (including phenoxy) is 1. The summed E-state index contributed by atoms with van der Waals surface area (Å²) in [6.07, 6.45) is 1.55. The predicted octanol–water partition coefficient (Wildman–Crippen LogP) is 2.88. The van der Waals surface area contributed by atoms with Crippen LogP contribution in [0.5, 0.6) is 0 Å². The van der Waals surface area contributed by atoms with Gasteiger partial charge in [-0.05, 0) is 36.8 Å². The zero-order valence-corrected chi connectivity index (χ0v) is 13.5. The lowest BCUT2D eigenvalue weighted by Gasteiger charge is -2.11. The Morgan fingerprint density at radius 2 is 2.04 bits per heavy atom. The Morgan fingerprint density at radius 1 is 1.26 bits per heavy atom. The van der Waals surface area contributed by atoms with Crippen molar-refractivity contribution in [3.05, 3.63) is 52.8 Å². The van der Waals surface area contributed by atoms with Crippen molar-refractivity contribution in [3.8, 4) is 0 Å². The van der Waals surface area contributed by atoms with Gasteiger partial charge in [0.05, 0.1) is 10.7 Å². The lowest BCUT2D eigenvalue weighted by Crippen LogP contribution is -2.18. The maximum absolute atomic E-state index is 12.3. The van der Waals surface area contributed by atoms with Crippen LogP contribution in [0.3, 0.4) is 0 Å². The van der Waals surface area contributed by atoms with Crippen LogP contribution >= 0.6 is 11.6 Å². The normalized spacial score (nSPS) is 10.2. The number of carbonyl (C=O) groups excluding carboxylic acids is 2. The number of hydrogen-bond acceptors (Lipinski definition) is 4. The number of amides is 2. The number of hydrogen-bond donors (Lipinski definition) is 2. The third-order valence-electron chi connectivity index (χ3n) is 3.00. The van der Waals surface area contributed by atoms with Gasteiger partial charge in [-0.15, -0.1) is 0 Å². The van der Waals surface area contributed by atoms with Gasteiger partial charge >= 0.3 is 0 Å². The van der Waals surface area contributed by atoms with Crippen molar-refractivity contribution in [2.24, 2.45) is 0 Å². The third-order valence-corrected chi connectivity index (χ3v) is 3.33. The Bertz CT molecular complexity index is 734. The SMILES string of the molecule is COCC(=O)Nc1ccc(Cl)c(NC(=O)c2ncccc2C)c1. The number of aryl methyl sites for hydroxylation is 1. The van der Waals surface area contributed by atoms with Crippen molar-refractivity contribution >= 4 is 34.8 Å².